The molecule has 6 nitrogen and oxygen atoms in total. The van der Waals surface area contributed by atoms with E-state index in [9.17, 15) is 22.8 Å². The summed E-state index contributed by atoms with van der Waals surface area (Å²) in [6.07, 6.45) is 1.88. The first kappa shape index (κ1) is 23.7. The Kier molecular flexibility index (Phi) is 6.83. The van der Waals surface area contributed by atoms with E-state index < -0.39 is 28.7 Å². The zero-order valence-corrected chi connectivity index (χ0v) is 18.9. The summed E-state index contributed by atoms with van der Waals surface area (Å²) in [4.78, 5) is 24.7. The van der Waals surface area contributed by atoms with E-state index >= 15 is 0 Å². The molecule has 2 aromatic carbocycles. The number of aromatic nitrogens is 1. The summed E-state index contributed by atoms with van der Waals surface area (Å²) in [6, 6.07) is 8.53. The van der Waals surface area contributed by atoms with Crippen molar-refractivity contribution < 1.29 is 22.7 Å². The van der Waals surface area contributed by atoms with Crippen molar-refractivity contribution in [3.05, 3.63) is 92.1 Å². The lowest BCUT2D eigenvalue weighted by atomic mass is 10.1. The number of benzene rings is 2. The van der Waals surface area contributed by atoms with Crippen LogP contribution in [-0.4, -0.2) is 16.6 Å². The molecule has 1 heterocycles. The number of urea groups is 1. The highest BCUT2D eigenvalue weighted by Gasteiger charge is 2.23. The van der Waals surface area contributed by atoms with E-state index in [4.69, 9.17) is 16.3 Å². The quantitative estimate of drug-likeness (QED) is 0.500. The van der Waals surface area contributed by atoms with Crippen molar-refractivity contribution in [3.8, 4) is 11.4 Å². The van der Waals surface area contributed by atoms with Gasteiger partial charge in [-0.2, -0.15) is 0 Å². The molecule has 10 heteroatoms. The number of carbonyl (C=O) groups excluding carboxylic acids is 1. The number of nitrogens with zero attached hydrogens (tertiary/aromatic N) is 1. The number of hydrogen-bond donors (Lipinski definition) is 2. The van der Waals surface area contributed by atoms with Gasteiger partial charge in [-0.25, -0.2) is 18.0 Å². The first-order chi connectivity index (χ1) is 16.2. The Morgan fingerprint density at radius 3 is 2.50 bits per heavy atom. The molecule has 0 atom stereocenters. The van der Waals surface area contributed by atoms with Crippen molar-refractivity contribution in [1.82, 2.24) is 15.2 Å². The van der Waals surface area contributed by atoms with Gasteiger partial charge in [-0.05, 0) is 55.2 Å². The second-order valence-corrected chi connectivity index (χ2v) is 8.36. The minimum absolute atomic E-state index is 0.00637. The van der Waals surface area contributed by atoms with Crippen LogP contribution >= 0.6 is 11.6 Å². The van der Waals surface area contributed by atoms with Crippen molar-refractivity contribution in [2.24, 2.45) is 0 Å². The molecule has 0 bridgehead atoms. The average molecular weight is 492 g/mol. The molecule has 4 rings (SSSR count). The van der Waals surface area contributed by atoms with E-state index in [0.29, 0.717) is 11.1 Å². The van der Waals surface area contributed by atoms with Crippen LogP contribution in [-0.2, 0) is 13.2 Å². The fourth-order valence-electron chi connectivity index (χ4n) is 3.46. The van der Waals surface area contributed by atoms with Gasteiger partial charge in [0, 0.05) is 24.3 Å². The molecule has 0 spiro atoms. The number of nitrogens with one attached hydrogen (secondary N) is 2. The number of hydrogen-bond acceptors (Lipinski definition) is 3. The first-order valence-electron chi connectivity index (χ1n) is 10.6. The number of halogens is 4. The van der Waals surface area contributed by atoms with Crippen LogP contribution < -0.4 is 20.9 Å². The second kappa shape index (κ2) is 9.80. The van der Waals surface area contributed by atoms with Gasteiger partial charge >= 0.3 is 6.03 Å². The molecule has 1 saturated carbocycles. The SMILES string of the molecule is Cc1cc(OCc2ccc(F)cc2CNC(=O)NC2CC2)c(Cl)c(=O)n1-c1c(F)cccc1F. The summed E-state index contributed by atoms with van der Waals surface area (Å²) in [5, 5.41) is 5.10. The van der Waals surface area contributed by atoms with Crippen LogP contribution in [0.15, 0.2) is 47.3 Å². The lowest BCUT2D eigenvalue weighted by molar-refractivity contribution is 0.240. The smallest absolute Gasteiger partial charge is 0.315 e. The molecule has 1 fully saturated rings. The van der Waals surface area contributed by atoms with Gasteiger partial charge in [0.1, 0.15) is 40.5 Å². The van der Waals surface area contributed by atoms with E-state index in [1.165, 1.54) is 37.3 Å². The molecule has 1 aliphatic carbocycles. The topological polar surface area (TPSA) is 72.4 Å². The van der Waals surface area contributed by atoms with Gasteiger partial charge in [-0.1, -0.05) is 23.7 Å². The Bertz CT molecular complexity index is 1290. The number of aryl methyl sites for hydroxylation is 1. The van der Waals surface area contributed by atoms with E-state index in [2.05, 4.69) is 10.6 Å². The van der Waals surface area contributed by atoms with Crippen LogP contribution in [0.1, 0.15) is 29.7 Å². The zero-order chi connectivity index (χ0) is 24.4. The largest absolute Gasteiger partial charge is 0.487 e. The summed E-state index contributed by atoms with van der Waals surface area (Å²) in [6.45, 7) is 1.47. The van der Waals surface area contributed by atoms with Crippen LogP contribution in [0.3, 0.4) is 0 Å². The summed E-state index contributed by atoms with van der Waals surface area (Å²) >= 11 is 6.18. The minimum Gasteiger partial charge on any atom is -0.487 e. The Hall–Kier alpha value is -3.46. The maximum absolute atomic E-state index is 14.2. The maximum Gasteiger partial charge on any atom is 0.315 e. The van der Waals surface area contributed by atoms with Crippen molar-refractivity contribution in [2.45, 2.75) is 39.0 Å². The van der Waals surface area contributed by atoms with Gasteiger partial charge < -0.3 is 15.4 Å². The van der Waals surface area contributed by atoms with Crippen molar-refractivity contribution in [3.63, 3.8) is 0 Å². The Balaban J connectivity index is 1.55. The molecular weight excluding hydrogens is 471 g/mol. The van der Waals surface area contributed by atoms with Gasteiger partial charge in [0.2, 0.25) is 0 Å². The molecule has 1 aliphatic rings. The number of ether oxygens (including phenoxy) is 1. The number of pyridine rings is 1. The summed E-state index contributed by atoms with van der Waals surface area (Å²) in [7, 11) is 0. The first-order valence-corrected chi connectivity index (χ1v) is 10.9. The predicted molar refractivity (Wildman–Crippen MR) is 121 cm³/mol. The van der Waals surface area contributed by atoms with Crippen LogP contribution in [0.25, 0.3) is 5.69 Å². The zero-order valence-electron chi connectivity index (χ0n) is 18.1. The fourth-order valence-corrected chi connectivity index (χ4v) is 3.66. The molecule has 2 N–H and O–H groups in total. The van der Waals surface area contributed by atoms with E-state index in [0.717, 1.165) is 29.5 Å². The molecule has 34 heavy (non-hydrogen) atoms. The second-order valence-electron chi connectivity index (χ2n) is 7.98. The molecule has 0 unspecified atom stereocenters. The van der Waals surface area contributed by atoms with Gasteiger partial charge in [-0.3, -0.25) is 9.36 Å². The lowest BCUT2D eigenvalue weighted by Gasteiger charge is -2.16. The Morgan fingerprint density at radius 1 is 1.12 bits per heavy atom. The van der Waals surface area contributed by atoms with Crippen molar-refractivity contribution >= 4 is 17.6 Å². The number of para-hydroxylation sites is 1. The molecule has 3 aromatic rings. The third-order valence-electron chi connectivity index (χ3n) is 5.36. The molecule has 178 valence electrons. The van der Waals surface area contributed by atoms with Crippen LogP contribution in [0.4, 0.5) is 18.0 Å². The highest BCUT2D eigenvalue weighted by molar-refractivity contribution is 6.31. The monoisotopic (exact) mass is 491 g/mol. The van der Waals surface area contributed by atoms with Crippen LogP contribution in [0.5, 0.6) is 5.75 Å². The van der Waals surface area contributed by atoms with E-state index in [1.807, 2.05) is 0 Å². The highest BCUT2D eigenvalue weighted by atomic mass is 35.5. The predicted octanol–water partition coefficient (Wildman–Crippen LogP) is 4.76. The molecule has 0 radical (unpaired) electrons. The van der Waals surface area contributed by atoms with Crippen LogP contribution in [0.2, 0.25) is 5.02 Å². The van der Waals surface area contributed by atoms with Crippen molar-refractivity contribution in [1.29, 1.82) is 0 Å². The third-order valence-corrected chi connectivity index (χ3v) is 5.71. The minimum atomic E-state index is -0.913. The summed E-state index contributed by atoms with van der Waals surface area (Å²) in [5.41, 5.74) is -0.133. The standard InChI is InChI=1S/C24H21ClF3N3O3/c1-13-9-20(21(25)23(32)31(13)22-18(27)3-2-4-19(22)28)34-12-14-5-6-16(26)10-15(14)11-29-24(33)30-17-7-8-17/h2-6,9-10,17H,7-8,11-12H2,1H3,(H2,29,30,33). The molecule has 1 aromatic heterocycles. The summed E-state index contributed by atoms with van der Waals surface area (Å²) < 4.78 is 48.8. The number of amides is 2. The fraction of sp³-hybridized carbons (Fsp3) is 0.250. The van der Waals surface area contributed by atoms with Gasteiger partial charge in [0.15, 0.2) is 0 Å². The lowest BCUT2D eigenvalue weighted by Crippen LogP contribution is -2.36. The number of rotatable bonds is 7. The summed E-state index contributed by atoms with van der Waals surface area (Å²) in [5.74, 6) is -2.30. The van der Waals surface area contributed by atoms with E-state index in [1.54, 1.807) is 0 Å². The Morgan fingerprint density at radius 2 is 1.82 bits per heavy atom. The normalized spacial score (nSPS) is 13.0. The van der Waals surface area contributed by atoms with E-state index in [-0.39, 0.29) is 41.7 Å². The molecule has 2 amide bonds. The maximum atomic E-state index is 14.2. The molecular formula is C24H21ClF3N3O3. The molecule has 0 aliphatic heterocycles. The average Bonchev–Trinajstić information content (AvgIpc) is 3.60. The molecule has 0 saturated heterocycles. The third kappa shape index (κ3) is 5.20. The van der Waals surface area contributed by atoms with Gasteiger partial charge in [-0.15, -0.1) is 0 Å². The van der Waals surface area contributed by atoms with Gasteiger partial charge in [0.05, 0.1) is 0 Å². The number of carbonyl (C=O) groups is 1. The van der Waals surface area contributed by atoms with Crippen molar-refractivity contribution in [2.75, 3.05) is 0 Å². The van der Waals surface area contributed by atoms with Gasteiger partial charge in [0.25, 0.3) is 5.56 Å². The highest BCUT2D eigenvalue weighted by Crippen LogP contribution is 2.27. The van der Waals surface area contributed by atoms with Crippen LogP contribution in [0, 0.1) is 24.4 Å². The Labute approximate surface area is 198 Å².